The number of pyridine rings is 1. The Morgan fingerprint density at radius 3 is 2.68 bits per heavy atom. The second kappa shape index (κ2) is 9.19. The first kappa shape index (κ1) is 20.3. The van der Waals surface area contributed by atoms with Gasteiger partial charge in [-0.3, -0.25) is 19.2 Å². The maximum atomic E-state index is 12.4. The Labute approximate surface area is 166 Å². The Morgan fingerprint density at radius 2 is 2.04 bits per heavy atom. The van der Waals surface area contributed by atoms with Crippen LogP contribution in [0.25, 0.3) is 0 Å². The minimum atomic E-state index is -0.352. The largest absolute Gasteiger partial charge is 0.350 e. The van der Waals surface area contributed by atoms with Gasteiger partial charge in [0, 0.05) is 30.5 Å². The highest BCUT2D eigenvalue weighted by molar-refractivity contribution is 5.93. The summed E-state index contributed by atoms with van der Waals surface area (Å²) in [5, 5.41) is 7.17. The van der Waals surface area contributed by atoms with Crippen LogP contribution < -0.4 is 10.9 Å². The summed E-state index contributed by atoms with van der Waals surface area (Å²) in [6, 6.07) is 6.04. The predicted molar refractivity (Wildman–Crippen MR) is 109 cm³/mol. The number of H-pyrrole nitrogens is 1. The zero-order chi connectivity index (χ0) is 20.1. The molecule has 0 aliphatic heterocycles. The fourth-order valence-corrected chi connectivity index (χ4v) is 3.98. The van der Waals surface area contributed by atoms with Crippen molar-refractivity contribution in [1.82, 2.24) is 25.0 Å². The standard InChI is InChI=1S/C21H31N5O2/c1-15-13-16(2)26(24-15)12-11-22-20(27)19-10-9-17(23-21(19)28)14-25(3)18-7-5-4-6-8-18/h9-10,13,18H,4-8,11-12,14H2,1-3H3,(H,22,27)(H,23,28). The fraction of sp³-hybridized carbons (Fsp3) is 0.571. The molecule has 7 heteroatoms. The van der Waals surface area contributed by atoms with Crippen LogP contribution in [0.2, 0.25) is 0 Å². The van der Waals surface area contributed by atoms with E-state index in [-0.39, 0.29) is 17.0 Å². The van der Waals surface area contributed by atoms with Gasteiger partial charge in [0.2, 0.25) is 0 Å². The van der Waals surface area contributed by atoms with Gasteiger partial charge in [0.25, 0.3) is 11.5 Å². The van der Waals surface area contributed by atoms with Crippen LogP contribution in [-0.2, 0) is 13.1 Å². The Bertz CT molecular complexity index is 864. The number of carbonyl (C=O) groups excluding carboxylic acids is 1. The van der Waals surface area contributed by atoms with E-state index >= 15 is 0 Å². The maximum absolute atomic E-state index is 12.4. The molecule has 0 unspecified atom stereocenters. The van der Waals surface area contributed by atoms with E-state index in [1.165, 1.54) is 32.1 Å². The Hall–Kier alpha value is -2.41. The molecule has 2 aromatic heterocycles. The lowest BCUT2D eigenvalue weighted by Gasteiger charge is -2.31. The summed E-state index contributed by atoms with van der Waals surface area (Å²) in [7, 11) is 2.11. The highest BCUT2D eigenvalue weighted by atomic mass is 16.2. The number of rotatable bonds is 7. The third-order valence-corrected chi connectivity index (χ3v) is 5.54. The van der Waals surface area contributed by atoms with Crippen molar-refractivity contribution in [2.45, 2.75) is 65.1 Å². The first-order valence-corrected chi connectivity index (χ1v) is 10.2. The van der Waals surface area contributed by atoms with E-state index in [9.17, 15) is 9.59 Å². The van der Waals surface area contributed by atoms with Crippen molar-refractivity contribution < 1.29 is 4.79 Å². The number of aromatic nitrogens is 3. The molecule has 2 heterocycles. The molecule has 1 aliphatic carbocycles. The average molecular weight is 386 g/mol. The number of hydrogen-bond donors (Lipinski definition) is 2. The molecule has 0 atom stereocenters. The van der Waals surface area contributed by atoms with Crippen LogP contribution in [0.3, 0.4) is 0 Å². The summed E-state index contributed by atoms with van der Waals surface area (Å²) >= 11 is 0. The zero-order valence-corrected chi connectivity index (χ0v) is 17.1. The Kier molecular flexibility index (Phi) is 6.67. The predicted octanol–water partition coefficient (Wildman–Crippen LogP) is 2.38. The van der Waals surface area contributed by atoms with Crippen LogP contribution in [0.5, 0.6) is 0 Å². The van der Waals surface area contributed by atoms with Crippen molar-refractivity contribution in [1.29, 1.82) is 0 Å². The van der Waals surface area contributed by atoms with Gasteiger partial charge in [0.15, 0.2) is 0 Å². The van der Waals surface area contributed by atoms with E-state index in [0.29, 0.717) is 25.7 Å². The molecule has 1 aliphatic rings. The van der Waals surface area contributed by atoms with Gasteiger partial charge in [-0.2, -0.15) is 5.10 Å². The maximum Gasteiger partial charge on any atom is 0.261 e. The summed E-state index contributed by atoms with van der Waals surface area (Å²) in [5.74, 6) is -0.352. The monoisotopic (exact) mass is 385 g/mol. The van der Waals surface area contributed by atoms with E-state index in [2.05, 4.69) is 27.3 Å². The second-order valence-corrected chi connectivity index (χ2v) is 7.84. The van der Waals surface area contributed by atoms with Gasteiger partial charge in [-0.25, -0.2) is 0 Å². The van der Waals surface area contributed by atoms with Crippen molar-refractivity contribution >= 4 is 5.91 Å². The highest BCUT2D eigenvalue weighted by Crippen LogP contribution is 2.22. The molecule has 1 fully saturated rings. The van der Waals surface area contributed by atoms with Crippen molar-refractivity contribution in [3.63, 3.8) is 0 Å². The van der Waals surface area contributed by atoms with E-state index < -0.39 is 0 Å². The molecular weight excluding hydrogens is 354 g/mol. The van der Waals surface area contributed by atoms with Gasteiger partial charge in [-0.1, -0.05) is 19.3 Å². The molecule has 0 saturated heterocycles. The van der Waals surface area contributed by atoms with E-state index in [1.807, 2.05) is 30.7 Å². The van der Waals surface area contributed by atoms with Gasteiger partial charge in [-0.15, -0.1) is 0 Å². The van der Waals surface area contributed by atoms with Gasteiger partial charge in [0.05, 0.1) is 12.2 Å². The van der Waals surface area contributed by atoms with Crippen LogP contribution >= 0.6 is 0 Å². The summed E-state index contributed by atoms with van der Waals surface area (Å²) in [4.78, 5) is 29.9. The van der Waals surface area contributed by atoms with Gasteiger partial charge < -0.3 is 10.3 Å². The van der Waals surface area contributed by atoms with Crippen molar-refractivity contribution in [3.8, 4) is 0 Å². The first-order chi connectivity index (χ1) is 13.4. The van der Waals surface area contributed by atoms with Gasteiger partial charge in [0.1, 0.15) is 5.56 Å². The van der Waals surface area contributed by atoms with Crippen LogP contribution in [0, 0.1) is 13.8 Å². The molecule has 1 amide bonds. The molecule has 2 N–H and O–H groups in total. The Balaban J connectivity index is 1.54. The van der Waals surface area contributed by atoms with Crippen LogP contribution in [-0.4, -0.2) is 45.2 Å². The smallest absolute Gasteiger partial charge is 0.261 e. The van der Waals surface area contributed by atoms with E-state index in [1.54, 1.807) is 6.07 Å². The quantitative estimate of drug-likeness (QED) is 0.767. The number of nitrogens with zero attached hydrogens (tertiary/aromatic N) is 3. The molecule has 0 bridgehead atoms. The molecular formula is C21H31N5O2. The lowest BCUT2D eigenvalue weighted by molar-refractivity contribution is 0.0950. The second-order valence-electron chi connectivity index (χ2n) is 7.84. The van der Waals surface area contributed by atoms with E-state index in [4.69, 9.17) is 0 Å². The molecule has 0 spiro atoms. The molecule has 152 valence electrons. The molecule has 1 saturated carbocycles. The fourth-order valence-electron chi connectivity index (χ4n) is 3.98. The summed E-state index contributed by atoms with van der Waals surface area (Å²) in [5.41, 5.74) is 2.66. The Morgan fingerprint density at radius 1 is 1.29 bits per heavy atom. The lowest BCUT2D eigenvalue weighted by atomic mass is 9.94. The molecule has 28 heavy (non-hydrogen) atoms. The van der Waals surface area contributed by atoms with Crippen LogP contribution in [0.1, 0.15) is 59.5 Å². The zero-order valence-electron chi connectivity index (χ0n) is 17.1. The first-order valence-electron chi connectivity index (χ1n) is 10.2. The highest BCUT2D eigenvalue weighted by Gasteiger charge is 2.19. The van der Waals surface area contributed by atoms with Crippen LogP contribution in [0.15, 0.2) is 23.0 Å². The van der Waals surface area contributed by atoms with Crippen molar-refractivity contribution in [2.75, 3.05) is 13.6 Å². The van der Waals surface area contributed by atoms with Crippen molar-refractivity contribution in [3.05, 3.63) is 51.2 Å². The van der Waals surface area contributed by atoms with Crippen LogP contribution in [0.4, 0.5) is 0 Å². The summed E-state index contributed by atoms with van der Waals surface area (Å²) in [6.07, 6.45) is 6.32. The molecule has 2 aromatic rings. The number of aryl methyl sites for hydroxylation is 2. The number of hydrogen-bond acceptors (Lipinski definition) is 4. The number of amides is 1. The normalized spacial score (nSPS) is 15.1. The SMILES string of the molecule is Cc1cc(C)n(CCNC(=O)c2ccc(CN(C)C3CCCCC3)[nH]c2=O)n1. The van der Waals surface area contributed by atoms with Crippen molar-refractivity contribution in [2.24, 2.45) is 0 Å². The summed E-state index contributed by atoms with van der Waals surface area (Å²) in [6.45, 7) is 5.62. The molecule has 3 rings (SSSR count). The van der Waals surface area contributed by atoms with Gasteiger partial charge >= 0.3 is 0 Å². The minimum absolute atomic E-state index is 0.150. The average Bonchev–Trinajstić information content (AvgIpc) is 2.99. The van der Waals surface area contributed by atoms with E-state index in [0.717, 1.165) is 17.1 Å². The minimum Gasteiger partial charge on any atom is -0.350 e. The molecule has 0 radical (unpaired) electrons. The third kappa shape index (κ3) is 5.10. The van der Waals surface area contributed by atoms with Gasteiger partial charge in [-0.05, 0) is 51.9 Å². The number of carbonyl (C=O) groups is 1. The topological polar surface area (TPSA) is 83.0 Å². The summed E-state index contributed by atoms with van der Waals surface area (Å²) < 4.78 is 1.85. The molecule has 7 nitrogen and oxygen atoms in total. The number of aromatic amines is 1. The molecule has 0 aromatic carbocycles. The number of nitrogens with one attached hydrogen (secondary N) is 2. The third-order valence-electron chi connectivity index (χ3n) is 5.54. The lowest BCUT2D eigenvalue weighted by Crippen LogP contribution is -2.35.